The van der Waals surface area contributed by atoms with E-state index in [1.54, 1.807) is 12.5 Å². The molecule has 0 N–H and O–H groups in total. The number of imidazole rings is 1. The quantitative estimate of drug-likeness (QED) is 0.837. The number of amides is 1. The minimum Gasteiger partial charge on any atom is -0.337 e. The highest BCUT2D eigenvalue weighted by Crippen LogP contribution is 2.33. The van der Waals surface area contributed by atoms with Crippen LogP contribution in [0.5, 0.6) is 0 Å². The Hall–Kier alpha value is -2.14. The molecule has 4 aliphatic rings. The number of aromatic nitrogens is 2. The summed E-state index contributed by atoms with van der Waals surface area (Å²) in [5, 5.41) is 0. The molecule has 1 saturated carbocycles. The summed E-state index contributed by atoms with van der Waals surface area (Å²) in [5.74, 6) is 1.73. The average Bonchev–Trinajstić information content (AvgIpc) is 3.05. The van der Waals surface area contributed by atoms with Gasteiger partial charge in [-0.3, -0.25) is 9.69 Å². The van der Waals surface area contributed by atoms with Gasteiger partial charge in [-0.05, 0) is 61.8 Å². The number of carbonyl (C=O) groups is 1. The zero-order valence-electron chi connectivity index (χ0n) is 15.8. The molecule has 5 nitrogen and oxygen atoms in total. The molecular formula is C22H28N4O. The van der Waals surface area contributed by atoms with E-state index in [9.17, 15) is 4.79 Å². The highest BCUT2D eigenvalue weighted by atomic mass is 16.2. The maximum Gasteiger partial charge on any atom is 0.253 e. The summed E-state index contributed by atoms with van der Waals surface area (Å²) in [5.41, 5.74) is 1.83. The summed E-state index contributed by atoms with van der Waals surface area (Å²) in [4.78, 5) is 22.1. The van der Waals surface area contributed by atoms with E-state index in [2.05, 4.69) is 14.8 Å². The van der Waals surface area contributed by atoms with E-state index >= 15 is 0 Å². The van der Waals surface area contributed by atoms with E-state index in [1.807, 2.05) is 35.0 Å². The van der Waals surface area contributed by atoms with Crippen molar-refractivity contribution in [2.24, 2.45) is 11.8 Å². The fourth-order valence-electron chi connectivity index (χ4n) is 4.95. The minimum atomic E-state index is 0.189. The first kappa shape index (κ1) is 17.0. The van der Waals surface area contributed by atoms with E-state index in [1.165, 1.54) is 45.2 Å². The molecule has 1 aliphatic carbocycles. The van der Waals surface area contributed by atoms with Gasteiger partial charge in [-0.15, -0.1) is 0 Å². The highest BCUT2D eigenvalue weighted by molar-refractivity contribution is 5.94. The molecule has 4 heterocycles. The van der Waals surface area contributed by atoms with Gasteiger partial charge in [0.2, 0.25) is 0 Å². The van der Waals surface area contributed by atoms with Gasteiger partial charge in [-0.25, -0.2) is 4.98 Å². The molecule has 3 aliphatic heterocycles. The second kappa shape index (κ2) is 7.12. The third-order valence-corrected chi connectivity index (χ3v) is 6.75. The van der Waals surface area contributed by atoms with Crippen LogP contribution in [0.25, 0.3) is 5.69 Å². The van der Waals surface area contributed by atoms with Crippen LogP contribution in [0.3, 0.4) is 0 Å². The van der Waals surface area contributed by atoms with Gasteiger partial charge in [-0.2, -0.15) is 0 Å². The summed E-state index contributed by atoms with van der Waals surface area (Å²) in [7, 11) is 0. The lowest BCUT2D eigenvalue weighted by molar-refractivity contribution is 0.0717. The number of hydrogen-bond donors (Lipinski definition) is 0. The van der Waals surface area contributed by atoms with Crippen LogP contribution in [0.1, 0.15) is 42.5 Å². The fourth-order valence-corrected chi connectivity index (χ4v) is 4.95. The van der Waals surface area contributed by atoms with Crippen molar-refractivity contribution in [1.82, 2.24) is 19.4 Å². The number of carbonyl (C=O) groups excluding carboxylic acids is 1. The number of piperidine rings is 1. The molecular weight excluding hydrogens is 336 g/mol. The van der Waals surface area contributed by atoms with E-state index < -0.39 is 0 Å². The van der Waals surface area contributed by atoms with Gasteiger partial charge < -0.3 is 9.47 Å². The largest absolute Gasteiger partial charge is 0.337 e. The van der Waals surface area contributed by atoms with E-state index in [0.29, 0.717) is 12.0 Å². The Bertz CT molecular complexity index is 781. The lowest BCUT2D eigenvalue weighted by atomic mass is 9.83. The molecule has 6 rings (SSSR count). The van der Waals surface area contributed by atoms with Gasteiger partial charge in [0.25, 0.3) is 5.91 Å². The molecule has 4 fully saturated rings. The van der Waals surface area contributed by atoms with Gasteiger partial charge in [0.05, 0.1) is 6.33 Å². The lowest BCUT2D eigenvalue weighted by Crippen LogP contribution is -2.47. The first-order chi connectivity index (χ1) is 13.3. The first-order valence-corrected chi connectivity index (χ1v) is 10.4. The number of benzene rings is 1. The first-order valence-electron chi connectivity index (χ1n) is 10.4. The van der Waals surface area contributed by atoms with Gasteiger partial charge >= 0.3 is 0 Å². The van der Waals surface area contributed by atoms with Crippen LogP contribution in [0.4, 0.5) is 0 Å². The summed E-state index contributed by atoms with van der Waals surface area (Å²) < 4.78 is 1.96. The van der Waals surface area contributed by atoms with Crippen molar-refractivity contribution in [3.8, 4) is 5.69 Å². The van der Waals surface area contributed by atoms with Crippen LogP contribution in [-0.4, -0.2) is 57.5 Å². The van der Waals surface area contributed by atoms with E-state index in [0.717, 1.165) is 30.3 Å². The van der Waals surface area contributed by atoms with Crippen LogP contribution in [0.15, 0.2) is 43.0 Å². The third kappa shape index (κ3) is 3.41. The number of nitrogens with zero attached hydrogens (tertiary/aromatic N) is 4. The topological polar surface area (TPSA) is 41.4 Å². The lowest BCUT2D eigenvalue weighted by Gasteiger charge is -2.40. The monoisotopic (exact) mass is 364 g/mol. The van der Waals surface area contributed by atoms with Crippen LogP contribution < -0.4 is 0 Å². The summed E-state index contributed by atoms with van der Waals surface area (Å²) in [6.07, 6.45) is 12.2. The molecule has 0 radical (unpaired) electrons. The standard InChI is InChI=1S/C22H28N4O/c27-22(19-5-8-20(9-6-19)24-11-10-23-16-24)26-14-18-4-7-21(15-26)25(13-18)12-17-2-1-3-17/h5-6,8-11,16-18,21H,1-4,7,12-15H2/t18-,21-/m1/s1. The molecule has 3 saturated heterocycles. The molecule has 142 valence electrons. The molecule has 2 bridgehead atoms. The molecule has 2 atom stereocenters. The van der Waals surface area contributed by atoms with E-state index in [-0.39, 0.29) is 5.91 Å². The Balaban J connectivity index is 1.29. The predicted molar refractivity (Wildman–Crippen MR) is 105 cm³/mol. The zero-order chi connectivity index (χ0) is 18.2. The molecule has 2 aromatic rings. The Morgan fingerprint density at radius 2 is 1.89 bits per heavy atom. The number of hydrogen-bond acceptors (Lipinski definition) is 3. The Kier molecular flexibility index (Phi) is 4.48. The zero-order valence-corrected chi connectivity index (χ0v) is 15.8. The average molecular weight is 364 g/mol. The normalized spacial score (nSPS) is 26.0. The van der Waals surface area contributed by atoms with Crippen molar-refractivity contribution in [2.75, 3.05) is 26.2 Å². The number of fused-ring (bicyclic) bond motifs is 4. The van der Waals surface area contributed by atoms with Crippen molar-refractivity contribution in [3.05, 3.63) is 48.5 Å². The predicted octanol–water partition coefficient (Wildman–Crippen LogP) is 3.21. The second-order valence-electron chi connectivity index (χ2n) is 8.57. The molecule has 0 unspecified atom stereocenters. The van der Waals surface area contributed by atoms with Crippen LogP contribution in [-0.2, 0) is 0 Å². The van der Waals surface area contributed by atoms with Gasteiger partial charge in [0.15, 0.2) is 0 Å². The van der Waals surface area contributed by atoms with Crippen LogP contribution in [0.2, 0.25) is 0 Å². The van der Waals surface area contributed by atoms with Gasteiger partial charge in [0.1, 0.15) is 0 Å². The Morgan fingerprint density at radius 1 is 1.04 bits per heavy atom. The van der Waals surface area contributed by atoms with Crippen LogP contribution >= 0.6 is 0 Å². The second-order valence-corrected chi connectivity index (χ2v) is 8.57. The highest BCUT2D eigenvalue weighted by Gasteiger charge is 2.37. The summed E-state index contributed by atoms with van der Waals surface area (Å²) in [6, 6.07) is 8.47. The fraction of sp³-hybridized carbons (Fsp3) is 0.545. The van der Waals surface area contributed by atoms with Crippen molar-refractivity contribution < 1.29 is 4.79 Å². The van der Waals surface area contributed by atoms with Crippen LogP contribution in [0, 0.1) is 11.8 Å². The maximum absolute atomic E-state index is 13.2. The third-order valence-electron chi connectivity index (χ3n) is 6.75. The molecule has 1 aromatic carbocycles. The van der Waals surface area contributed by atoms with Crippen molar-refractivity contribution in [1.29, 1.82) is 0 Å². The summed E-state index contributed by atoms with van der Waals surface area (Å²) >= 11 is 0. The summed E-state index contributed by atoms with van der Waals surface area (Å²) in [6.45, 7) is 4.25. The van der Waals surface area contributed by atoms with Crippen molar-refractivity contribution in [2.45, 2.75) is 38.1 Å². The molecule has 5 heteroatoms. The molecule has 0 spiro atoms. The Labute approximate surface area is 161 Å². The molecule has 1 amide bonds. The van der Waals surface area contributed by atoms with E-state index in [4.69, 9.17) is 0 Å². The minimum absolute atomic E-state index is 0.189. The van der Waals surface area contributed by atoms with Crippen molar-refractivity contribution in [3.63, 3.8) is 0 Å². The van der Waals surface area contributed by atoms with Gasteiger partial charge in [-0.1, -0.05) is 6.42 Å². The molecule has 1 aromatic heterocycles. The smallest absolute Gasteiger partial charge is 0.253 e. The SMILES string of the molecule is O=C(c1ccc(-n2ccnc2)cc1)N1C[C@@H]2CC[C@H](C1)N(CC1CCC1)C2. The van der Waals surface area contributed by atoms with Crippen molar-refractivity contribution >= 4 is 5.91 Å². The Morgan fingerprint density at radius 3 is 2.59 bits per heavy atom. The number of rotatable bonds is 4. The molecule has 27 heavy (non-hydrogen) atoms. The maximum atomic E-state index is 13.2. The van der Waals surface area contributed by atoms with Gasteiger partial charge in [0, 0.05) is 55.9 Å².